The number of hydrogen-bond acceptors (Lipinski definition) is 22. The summed E-state index contributed by atoms with van der Waals surface area (Å²) in [5, 5.41) is 47.2. The number of halogens is 1. The van der Waals surface area contributed by atoms with Gasteiger partial charge in [-0.1, -0.05) is 87.9 Å². The first-order valence-electron chi connectivity index (χ1n) is 30.0. The Kier molecular flexibility index (Phi) is 48.1. The topological polar surface area (TPSA) is 432 Å². The number of cyclic esters (lactones) is 2. The number of likely N-dealkylation sites (tertiary alicyclic amines) is 1. The molecule has 26 heteroatoms. The van der Waals surface area contributed by atoms with Gasteiger partial charge in [0.15, 0.2) is 0 Å². The zero-order valence-corrected chi connectivity index (χ0v) is 56.0. The van der Waals surface area contributed by atoms with Gasteiger partial charge in [-0.3, -0.25) is 19.3 Å². The Hall–Kier alpha value is -5.78. The van der Waals surface area contributed by atoms with Crippen molar-refractivity contribution in [2.24, 2.45) is 34.6 Å². The summed E-state index contributed by atoms with van der Waals surface area (Å²) in [6, 6.07) is 15.4. The molecule has 0 radical (unpaired) electrons. The van der Waals surface area contributed by atoms with Crippen LogP contribution in [0, 0.1) is 5.92 Å². The lowest BCUT2D eigenvalue weighted by atomic mass is 10.0. The van der Waals surface area contributed by atoms with Gasteiger partial charge in [-0.2, -0.15) is 0 Å². The van der Waals surface area contributed by atoms with Gasteiger partial charge in [0, 0.05) is 43.9 Å². The monoisotopic (exact) mass is 1330 g/mol. The first kappa shape index (κ1) is 87.4. The highest BCUT2D eigenvalue weighted by atomic mass is 79.9. The molecule has 0 spiro atoms. The number of aliphatic hydroxyl groups is 5. The van der Waals surface area contributed by atoms with E-state index in [1.54, 1.807) is 34.6 Å². The largest absolute Gasteiger partial charge is 0.464 e. The maximum Gasteiger partial charge on any atom is 0.410 e. The Morgan fingerprint density at radius 3 is 1.74 bits per heavy atom. The van der Waals surface area contributed by atoms with Crippen molar-refractivity contribution in [3.8, 4) is 0 Å². The summed E-state index contributed by atoms with van der Waals surface area (Å²) in [5.74, 6) is -0.718. The van der Waals surface area contributed by atoms with E-state index in [4.69, 9.17) is 63.7 Å². The Balaban J connectivity index is -0.000000977. The van der Waals surface area contributed by atoms with Gasteiger partial charge < -0.3 is 93.4 Å². The van der Waals surface area contributed by atoms with Crippen molar-refractivity contribution >= 4 is 70.9 Å². The number of nitrogens with one attached hydrogen (secondary N) is 2. The number of esters is 2. The van der Waals surface area contributed by atoms with E-state index in [9.17, 15) is 38.4 Å². The average molecular weight is 1330 g/mol. The maximum atomic E-state index is 11.6. The van der Waals surface area contributed by atoms with Crippen LogP contribution in [-0.4, -0.2) is 191 Å². The molecule has 0 saturated carbocycles. The molecular weight excluding hydrogens is 1220 g/mol. The van der Waals surface area contributed by atoms with Crippen molar-refractivity contribution in [1.29, 1.82) is 0 Å². The van der Waals surface area contributed by atoms with E-state index in [2.05, 4.69) is 51.3 Å². The lowest BCUT2D eigenvalue weighted by Crippen LogP contribution is -2.41. The van der Waals surface area contributed by atoms with Crippen LogP contribution in [0.5, 0.6) is 0 Å². The molecule has 1 unspecified atom stereocenters. The summed E-state index contributed by atoms with van der Waals surface area (Å²) in [6.45, 7) is 21.6. The van der Waals surface area contributed by atoms with Crippen LogP contribution >= 0.6 is 17.0 Å². The van der Waals surface area contributed by atoms with E-state index >= 15 is 0 Å². The lowest BCUT2D eigenvalue weighted by molar-refractivity contribution is -0.142. The average Bonchev–Trinajstić information content (AvgIpc) is 2.74. The summed E-state index contributed by atoms with van der Waals surface area (Å²) >= 11 is 0. The zero-order valence-electron chi connectivity index (χ0n) is 54.3. The van der Waals surface area contributed by atoms with Gasteiger partial charge in [0.2, 0.25) is 5.91 Å². The van der Waals surface area contributed by atoms with Crippen LogP contribution in [0.15, 0.2) is 60.7 Å². The number of ether oxygens (including phenoxy) is 4. The fourth-order valence-electron chi connectivity index (χ4n) is 7.40. The molecule has 0 bridgehead atoms. The predicted molar refractivity (Wildman–Crippen MR) is 347 cm³/mol. The number of allylic oxidation sites excluding steroid dienone is 1. The summed E-state index contributed by atoms with van der Waals surface area (Å²) in [4.78, 5) is 89.8. The molecule has 2 aromatic rings. The number of hydrogen-bond donors (Lipinski definition) is 12. The van der Waals surface area contributed by atoms with E-state index in [0.29, 0.717) is 51.4 Å². The SMILES string of the molecule is Br.CC(C)(C)OC(=O)N1CCC[C@@H]1C=O.CC(C)(C)OC(=O)N[C@@H](C=O)Cc1ccccc1.CCCC(=O)CC(=O)N[C@H]1CCOC1=O.CC[C@H](C)[C@H](N)CO.C[C@@H](O)[C@H](N)CO.C[C@H](N)CO.NC1CCOC1=O.N[C@H](CO)CC1=CCc2ccccc21. The van der Waals surface area contributed by atoms with E-state index in [1.165, 1.54) is 21.6 Å². The first-order chi connectivity index (χ1) is 41.3. The minimum atomic E-state index is -0.606. The van der Waals surface area contributed by atoms with Crippen LogP contribution in [-0.2, 0) is 60.6 Å². The minimum absolute atomic E-state index is 0. The fraction of sp³-hybridized carbons (Fsp3) is 0.651. The van der Waals surface area contributed by atoms with Crippen molar-refractivity contribution in [2.75, 3.05) is 46.2 Å². The third-order valence-corrected chi connectivity index (χ3v) is 12.7. The number of benzene rings is 2. The highest BCUT2D eigenvalue weighted by Crippen LogP contribution is 2.30. The van der Waals surface area contributed by atoms with Crippen LogP contribution in [0.2, 0.25) is 0 Å². The second kappa shape index (κ2) is 49.0. The van der Waals surface area contributed by atoms with Crippen molar-refractivity contribution in [1.82, 2.24) is 15.5 Å². The molecule has 3 saturated heterocycles. The van der Waals surface area contributed by atoms with Crippen LogP contribution in [0.4, 0.5) is 9.59 Å². The van der Waals surface area contributed by atoms with Gasteiger partial charge >= 0.3 is 24.1 Å². The standard InChI is InChI=1S/C14H19NO3.C12H15NO.C10H15NO4.C10H17NO3.C6H15NO.C4H7NO2.C4H11NO2.C3H9NO.BrH/c1-14(2,3)18-13(17)15-12(10-16)9-11-7-5-4-6-8-11;13-11(8-14)7-10-6-5-9-3-1-2-4-12(9)10;1-2-3-7(12)6-9(13)11-8-4-5-15-10(8)14;1-10(2,3)14-9(13)11-6-4-5-8(11)7-12;1-3-5(2)6(7)4-8;5-3-1-2-7-4(3)6;1-3(7)4(5)2-6;1-3(4)2-5;/h4-8,10,12H,9H2,1-3H3,(H,15,17);1-4,6,11,14H,5,7-8,13H2;8H,2-6H2,1H3,(H,11,13);7-8H,4-6H2,1-3H3;5-6,8H,3-4,7H2,1-2H3;3H,1-2,5H2;3-4,6-7H,2,5H2,1H3;3,5H,2,4H2,1H3;1H/t12-;11-;2*8-;5-,6+;;3-,4-;3-;/m10010.10./s1. The van der Waals surface area contributed by atoms with Crippen LogP contribution in [0.3, 0.4) is 0 Å². The number of aliphatic hydroxyl groups excluding tert-OH is 5. The van der Waals surface area contributed by atoms with Gasteiger partial charge in [0.25, 0.3) is 0 Å². The summed E-state index contributed by atoms with van der Waals surface area (Å²) < 4.78 is 19.5. The van der Waals surface area contributed by atoms with E-state index in [-0.39, 0.29) is 97.9 Å². The quantitative estimate of drug-likeness (QED) is 0.0413. The fourth-order valence-corrected chi connectivity index (χ4v) is 7.40. The molecule has 4 aliphatic rings. The molecule has 1 aliphatic carbocycles. The van der Waals surface area contributed by atoms with Crippen LogP contribution in [0.25, 0.3) is 5.57 Å². The van der Waals surface area contributed by atoms with Crippen LogP contribution < -0.4 is 39.3 Å². The van der Waals surface area contributed by atoms with Crippen molar-refractivity contribution in [3.05, 3.63) is 77.4 Å². The lowest BCUT2D eigenvalue weighted by Gasteiger charge is -2.26. The molecule has 3 heterocycles. The predicted octanol–water partition coefficient (Wildman–Crippen LogP) is 3.62. The molecule has 25 nitrogen and oxygen atoms in total. The molecule has 0 aromatic heterocycles. The molecule has 3 amide bonds. The second-order valence-corrected chi connectivity index (χ2v) is 23.4. The Labute approximate surface area is 537 Å². The first-order valence-corrected chi connectivity index (χ1v) is 30.0. The number of nitrogens with two attached hydrogens (primary N) is 5. The highest BCUT2D eigenvalue weighted by Gasteiger charge is 2.32. The van der Waals surface area contributed by atoms with E-state index < -0.39 is 53.4 Å². The van der Waals surface area contributed by atoms with Gasteiger partial charge in [-0.25, -0.2) is 14.4 Å². The third kappa shape index (κ3) is 42.8. The normalized spacial score (nSPS) is 18.3. The van der Waals surface area contributed by atoms with Crippen molar-refractivity contribution in [2.45, 2.75) is 212 Å². The van der Waals surface area contributed by atoms with Gasteiger partial charge in [-0.15, -0.1) is 17.0 Å². The highest BCUT2D eigenvalue weighted by molar-refractivity contribution is 8.93. The molecule has 89 heavy (non-hydrogen) atoms. The number of alkyl carbamates (subject to hydrolysis) is 1. The summed E-state index contributed by atoms with van der Waals surface area (Å²) in [5.41, 5.74) is 30.4. The summed E-state index contributed by atoms with van der Waals surface area (Å²) in [7, 11) is 0. The summed E-state index contributed by atoms with van der Waals surface area (Å²) in [6.07, 6.45) is 9.26. The minimum Gasteiger partial charge on any atom is -0.464 e. The second-order valence-electron chi connectivity index (χ2n) is 23.4. The zero-order chi connectivity index (χ0) is 67.6. The molecule has 510 valence electrons. The van der Waals surface area contributed by atoms with Crippen LogP contribution in [0.1, 0.15) is 151 Å². The number of fused-ring (bicyclic) bond motifs is 1. The Morgan fingerprint density at radius 1 is 0.764 bits per heavy atom. The van der Waals surface area contributed by atoms with Crippen molar-refractivity contribution in [3.63, 3.8) is 0 Å². The Morgan fingerprint density at radius 2 is 1.33 bits per heavy atom. The molecule has 2 aromatic carbocycles. The number of rotatable bonds is 19. The molecule has 17 N–H and O–H groups in total. The third-order valence-electron chi connectivity index (χ3n) is 12.7. The smallest absolute Gasteiger partial charge is 0.410 e. The van der Waals surface area contributed by atoms with E-state index in [1.807, 2.05) is 71.0 Å². The number of ketones is 1. The number of carbonyl (C=O) groups excluding carboxylic acids is 8. The number of carbonyl (C=O) groups is 8. The molecule has 10 atom stereocenters. The van der Waals surface area contributed by atoms with Gasteiger partial charge in [-0.05, 0) is 122 Å². The molecule has 6 rings (SSSR count). The number of nitrogens with zero attached hydrogens (tertiary/aromatic N) is 1. The van der Waals surface area contributed by atoms with Crippen molar-refractivity contribution < 1.29 is 82.8 Å². The van der Waals surface area contributed by atoms with Gasteiger partial charge in [0.05, 0.1) is 70.3 Å². The van der Waals surface area contributed by atoms with Gasteiger partial charge in [0.1, 0.15) is 41.6 Å². The number of Topliss-reactive ketones (excluding diaryl/α,β-unsaturated/α-hetero) is 1. The number of amides is 3. The molecular formula is C63H109BrN8O17. The van der Waals surface area contributed by atoms with E-state index in [0.717, 1.165) is 56.7 Å². The molecule has 3 fully saturated rings. The number of aldehydes is 2. The molecule has 3 aliphatic heterocycles. The Bertz CT molecular complexity index is 2330. The maximum absolute atomic E-state index is 11.6.